The lowest BCUT2D eigenvalue weighted by atomic mass is 10.1. The average Bonchev–Trinajstić information content (AvgIpc) is 3.11. The smallest absolute Gasteiger partial charge is 0.274 e. The summed E-state index contributed by atoms with van der Waals surface area (Å²) in [7, 11) is 0. The summed E-state index contributed by atoms with van der Waals surface area (Å²) in [6, 6.07) is 17.4. The van der Waals surface area contributed by atoms with Crippen molar-refractivity contribution in [3.05, 3.63) is 150 Å². The molecule has 0 radical (unpaired) electrons. The van der Waals surface area contributed by atoms with Crippen LogP contribution >= 0.6 is 0 Å². The van der Waals surface area contributed by atoms with Gasteiger partial charge in [-0.3, -0.25) is 9.59 Å². The number of hydrogen-bond donors (Lipinski definition) is 2. The molecule has 6 rings (SSSR count). The van der Waals surface area contributed by atoms with Gasteiger partial charge in [0.1, 0.15) is 29.9 Å². The summed E-state index contributed by atoms with van der Waals surface area (Å²) in [5.74, 6) is -1.16. The number of anilines is 2. The highest BCUT2D eigenvalue weighted by Gasteiger charge is 2.16. The van der Waals surface area contributed by atoms with Gasteiger partial charge in [-0.15, -0.1) is 6.42 Å². The molecule has 50 heavy (non-hydrogen) atoms. The number of aryl methyl sites for hydroxylation is 1. The Morgan fingerprint density at radius 2 is 1.36 bits per heavy atom. The van der Waals surface area contributed by atoms with E-state index >= 15 is 0 Å². The fraction of sp³-hybridized carbons (Fsp3) is 0.0278. The molecule has 11 nitrogen and oxygen atoms in total. The molecule has 0 bridgehead atoms. The summed E-state index contributed by atoms with van der Waals surface area (Å²) in [6.07, 6.45) is 13.4. The van der Waals surface area contributed by atoms with Gasteiger partial charge >= 0.3 is 0 Å². The zero-order chi connectivity index (χ0) is 35.5. The number of benzene rings is 3. The van der Waals surface area contributed by atoms with Crippen LogP contribution in [0.15, 0.2) is 110 Å². The van der Waals surface area contributed by atoms with E-state index in [1.807, 2.05) is 0 Å². The number of amides is 2. The first-order chi connectivity index (χ1) is 24.2. The van der Waals surface area contributed by atoms with Crippen LogP contribution in [0, 0.1) is 36.7 Å². The standard InChI is InChI=1S/C19H11F2N3O2.C17H13FN4O2/c1-2-12-4-3-5-13(6-12)19(25)24-14-7-16(20)18(21)17(8-14)26-15-9-22-11-23-10-15;1-11-3-2-4-16(21-11)17(23)22-13-5-12(18)6-14(7-13)24-15-8-19-10-20-9-15/h1,3-11H,(H,24,25);2-10H,1H3,(H,22,23). The Labute approximate surface area is 283 Å². The van der Waals surface area contributed by atoms with E-state index in [1.165, 1.54) is 61.7 Å². The number of carbonyl (C=O) groups excluding carboxylic acids is 2. The molecular formula is C36H24F3N7O4. The number of terminal acetylenes is 1. The molecule has 0 spiro atoms. The number of hydrogen-bond acceptors (Lipinski definition) is 9. The van der Waals surface area contributed by atoms with Gasteiger partial charge in [0.15, 0.2) is 23.1 Å². The second-order valence-corrected chi connectivity index (χ2v) is 10.1. The van der Waals surface area contributed by atoms with Gasteiger partial charge in [-0.25, -0.2) is 33.7 Å². The van der Waals surface area contributed by atoms with Crippen LogP contribution in [0.4, 0.5) is 24.5 Å². The van der Waals surface area contributed by atoms with Crippen LogP contribution < -0.4 is 20.1 Å². The first kappa shape index (κ1) is 34.2. The van der Waals surface area contributed by atoms with Gasteiger partial charge < -0.3 is 20.1 Å². The maximum absolute atomic E-state index is 14.0. The van der Waals surface area contributed by atoms with Gasteiger partial charge in [0.25, 0.3) is 11.8 Å². The van der Waals surface area contributed by atoms with E-state index in [-0.39, 0.29) is 34.1 Å². The normalized spacial score (nSPS) is 10.1. The van der Waals surface area contributed by atoms with Crippen molar-refractivity contribution < 1.29 is 32.2 Å². The Kier molecular flexibility index (Phi) is 11.0. The minimum atomic E-state index is -1.19. The van der Waals surface area contributed by atoms with E-state index in [9.17, 15) is 22.8 Å². The van der Waals surface area contributed by atoms with Crippen molar-refractivity contribution in [3.8, 4) is 35.3 Å². The molecule has 0 saturated carbocycles. The maximum atomic E-state index is 14.0. The zero-order valence-corrected chi connectivity index (χ0v) is 26.0. The summed E-state index contributed by atoms with van der Waals surface area (Å²) in [6.45, 7) is 1.78. The van der Waals surface area contributed by atoms with Crippen molar-refractivity contribution in [2.24, 2.45) is 0 Å². The van der Waals surface area contributed by atoms with Crippen LogP contribution in [-0.2, 0) is 0 Å². The van der Waals surface area contributed by atoms with Crippen molar-refractivity contribution >= 4 is 23.2 Å². The van der Waals surface area contributed by atoms with Gasteiger partial charge in [-0.05, 0) is 43.3 Å². The molecule has 0 unspecified atom stereocenters. The second-order valence-electron chi connectivity index (χ2n) is 10.1. The molecule has 0 atom stereocenters. The molecule has 3 aromatic carbocycles. The van der Waals surface area contributed by atoms with Gasteiger partial charge in [0, 0.05) is 52.5 Å². The number of nitrogens with zero attached hydrogens (tertiary/aromatic N) is 5. The molecule has 2 amide bonds. The highest BCUT2D eigenvalue weighted by atomic mass is 19.2. The monoisotopic (exact) mass is 675 g/mol. The molecule has 0 aliphatic heterocycles. The summed E-state index contributed by atoms with van der Waals surface area (Å²) >= 11 is 0. The number of pyridine rings is 1. The molecule has 0 aliphatic carbocycles. The van der Waals surface area contributed by atoms with Crippen molar-refractivity contribution in [1.82, 2.24) is 24.9 Å². The van der Waals surface area contributed by atoms with Gasteiger partial charge in [-0.2, -0.15) is 4.39 Å². The molecule has 14 heteroatoms. The van der Waals surface area contributed by atoms with Crippen molar-refractivity contribution in [2.45, 2.75) is 6.92 Å². The Hall–Kier alpha value is -7.14. The average molecular weight is 676 g/mol. The van der Waals surface area contributed by atoms with Gasteiger partial charge in [0.2, 0.25) is 5.82 Å². The van der Waals surface area contributed by atoms with Crippen molar-refractivity contribution in [2.75, 3.05) is 10.6 Å². The minimum absolute atomic E-state index is 0.0202. The molecule has 6 aromatic rings. The van der Waals surface area contributed by atoms with E-state index in [4.69, 9.17) is 15.9 Å². The van der Waals surface area contributed by atoms with E-state index in [0.717, 1.165) is 17.8 Å². The first-order valence-electron chi connectivity index (χ1n) is 14.5. The zero-order valence-electron chi connectivity index (χ0n) is 26.0. The summed E-state index contributed by atoms with van der Waals surface area (Å²) in [4.78, 5) is 43.7. The predicted molar refractivity (Wildman–Crippen MR) is 176 cm³/mol. The van der Waals surface area contributed by atoms with Crippen LogP contribution in [0.5, 0.6) is 23.0 Å². The van der Waals surface area contributed by atoms with Gasteiger partial charge in [-0.1, -0.05) is 18.1 Å². The minimum Gasteiger partial charge on any atom is -0.454 e. The largest absolute Gasteiger partial charge is 0.454 e. The quantitative estimate of drug-likeness (QED) is 0.161. The Morgan fingerprint density at radius 1 is 0.720 bits per heavy atom. The maximum Gasteiger partial charge on any atom is 0.274 e. The Bertz CT molecular complexity index is 2180. The molecule has 0 aliphatic rings. The fourth-order valence-electron chi connectivity index (χ4n) is 4.16. The van der Waals surface area contributed by atoms with Gasteiger partial charge in [0.05, 0.1) is 24.8 Å². The summed E-state index contributed by atoms with van der Waals surface area (Å²) in [5.41, 5.74) is 2.05. The van der Waals surface area contributed by atoms with Crippen LogP contribution in [0.2, 0.25) is 0 Å². The highest BCUT2D eigenvalue weighted by molar-refractivity contribution is 6.04. The van der Waals surface area contributed by atoms with Crippen LogP contribution in [0.25, 0.3) is 0 Å². The topological polar surface area (TPSA) is 141 Å². The van der Waals surface area contributed by atoms with E-state index in [1.54, 1.807) is 43.3 Å². The first-order valence-corrected chi connectivity index (χ1v) is 14.5. The third-order valence-electron chi connectivity index (χ3n) is 6.33. The van der Waals surface area contributed by atoms with Crippen molar-refractivity contribution in [1.29, 1.82) is 0 Å². The van der Waals surface area contributed by atoms with Crippen LogP contribution in [-0.4, -0.2) is 36.7 Å². The third-order valence-corrected chi connectivity index (χ3v) is 6.33. The molecule has 0 fully saturated rings. The Balaban J connectivity index is 0.000000195. The third kappa shape index (κ3) is 9.46. The Morgan fingerprint density at radius 3 is 2.04 bits per heavy atom. The summed E-state index contributed by atoms with van der Waals surface area (Å²) in [5, 5.41) is 5.08. The molecule has 3 heterocycles. The number of nitrogens with one attached hydrogen (secondary N) is 2. The lowest BCUT2D eigenvalue weighted by Gasteiger charge is -2.10. The molecule has 3 aromatic heterocycles. The van der Waals surface area contributed by atoms with Crippen molar-refractivity contribution in [3.63, 3.8) is 0 Å². The number of rotatable bonds is 8. The predicted octanol–water partition coefficient (Wildman–Crippen LogP) is 7.14. The van der Waals surface area contributed by atoms with E-state index in [0.29, 0.717) is 11.3 Å². The fourth-order valence-corrected chi connectivity index (χ4v) is 4.16. The second kappa shape index (κ2) is 16.1. The number of carbonyl (C=O) groups is 2. The molecule has 2 N–H and O–H groups in total. The summed E-state index contributed by atoms with van der Waals surface area (Å²) < 4.78 is 52.3. The highest BCUT2D eigenvalue weighted by Crippen LogP contribution is 2.29. The van der Waals surface area contributed by atoms with Crippen LogP contribution in [0.3, 0.4) is 0 Å². The van der Waals surface area contributed by atoms with E-state index in [2.05, 4.69) is 41.5 Å². The number of halogens is 3. The number of ether oxygens (including phenoxy) is 2. The molecule has 0 saturated heterocycles. The lowest BCUT2D eigenvalue weighted by molar-refractivity contribution is 0.101. The number of aromatic nitrogens is 5. The molecular weight excluding hydrogens is 651 g/mol. The SMILES string of the molecule is C#Cc1cccc(C(=O)Nc2cc(F)c(F)c(Oc3cncnc3)c2)c1.Cc1cccc(C(=O)Nc2cc(F)cc(Oc3cncnc3)c2)n1. The van der Waals surface area contributed by atoms with Crippen LogP contribution in [0.1, 0.15) is 32.1 Å². The molecule has 248 valence electrons. The van der Waals surface area contributed by atoms with E-state index < -0.39 is 35.0 Å². The lowest BCUT2D eigenvalue weighted by Crippen LogP contribution is -2.14.